The van der Waals surface area contributed by atoms with E-state index >= 15 is 0 Å². The smallest absolute Gasteiger partial charge is 0.330 e. The largest absolute Gasteiger partial charge is 0.454 e. The number of benzene rings is 2. The number of fused-ring (bicyclic) bond motifs is 1. The Kier molecular flexibility index (Phi) is 6.43. The van der Waals surface area contributed by atoms with Crippen molar-refractivity contribution < 1.29 is 23.9 Å². The second kappa shape index (κ2) is 8.85. The first kappa shape index (κ1) is 21.8. The number of hydrogen-bond donors (Lipinski definition) is 1. The van der Waals surface area contributed by atoms with Crippen LogP contribution >= 0.6 is 23.2 Å². The van der Waals surface area contributed by atoms with Crippen molar-refractivity contribution in [3.05, 3.63) is 63.6 Å². The van der Waals surface area contributed by atoms with Crippen molar-refractivity contribution in [1.82, 2.24) is 4.90 Å². The van der Waals surface area contributed by atoms with E-state index in [0.717, 1.165) is 4.90 Å². The molecule has 7 nitrogen and oxygen atoms in total. The van der Waals surface area contributed by atoms with Gasteiger partial charge in [0.05, 0.1) is 21.8 Å². The Bertz CT molecular complexity index is 1000. The number of anilines is 1. The zero-order chi connectivity index (χ0) is 22.0. The number of esters is 1. The van der Waals surface area contributed by atoms with Crippen LogP contribution in [0.2, 0.25) is 10.0 Å². The van der Waals surface area contributed by atoms with Crippen molar-refractivity contribution in [2.45, 2.75) is 19.9 Å². The van der Waals surface area contributed by atoms with Crippen molar-refractivity contribution in [2.24, 2.45) is 5.92 Å². The summed E-state index contributed by atoms with van der Waals surface area (Å²) in [6.45, 7) is 2.75. The van der Waals surface area contributed by atoms with Gasteiger partial charge in [-0.05, 0) is 36.2 Å². The lowest BCUT2D eigenvalue weighted by Crippen LogP contribution is -2.49. The summed E-state index contributed by atoms with van der Waals surface area (Å²) in [6, 6.07) is 9.71. The molecular weight excluding hydrogens is 431 g/mol. The molecule has 156 valence electrons. The van der Waals surface area contributed by atoms with Crippen LogP contribution in [0.4, 0.5) is 5.69 Å². The first-order valence-electron chi connectivity index (χ1n) is 9.09. The normalized spacial score (nSPS) is 14.0. The minimum absolute atomic E-state index is 0.231. The third-order valence-corrected chi connectivity index (χ3v) is 5.09. The highest BCUT2D eigenvalue weighted by Gasteiger charge is 2.44. The Labute approximate surface area is 182 Å². The van der Waals surface area contributed by atoms with Crippen LogP contribution in [0.1, 0.15) is 34.6 Å². The van der Waals surface area contributed by atoms with Crippen LogP contribution in [0, 0.1) is 5.92 Å². The van der Waals surface area contributed by atoms with E-state index in [9.17, 15) is 19.2 Å². The lowest BCUT2D eigenvalue weighted by atomic mass is 10.0. The summed E-state index contributed by atoms with van der Waals surface area (Å²) >= 11 is 11.9. The lowest BCUT2D eigenvalue weighted by molar-refractivity contribution is -0.152. The molecule has 30 heavy (non-hydrogen) atoms. The first-order chi connectivity index (χ1) is 14.2. The van der Waals surface area contributed by atoms with Gasteiger partial charge < -0.3 is 10.1 Å². The molecule has 1 N–H and O–H groups in total. The number of carbonyl (C=O) groups excluding carboxylic acids is 4. The minimum atomic E-state index is -1.17. The fourth-order valence-electron chi connectivity index (χ4n) is 3.14. The highest BCUT2D eigenvalue weighted by Crippen LogP contribution is 2.28. The number of amides is 3. The summed E-state index contributed by atoms with van der Waals surface area (Å²) in [5.41, 5.74) is 0.731. The Morgan fingerprint density at radius 2 is 1.63 bits per heavy atom. The Morgan fingerprint density at radius 1 is 1.03 bits per heavy atom. The molecule has 0 radical (unpaired) electrons. The van der Waals surface area contributed by atoms with Gasteiger partial charge >= 0.3 is 5.97 Å². The van der Waals surface area contributed by atoms with E-state index in [4.69, 9.17) is 27.9 Å². The maximum absolute atomic E-state index is 12.7. The molecule has 0 aromatic heterocycles. The highest BCUT2D eigenvalue weighted by molar-refractivity contribution is 6.35. The molecule has 1 atom stereocenters. The Morgan fingerprint density at radius 3 is 2.20 bits per heavy atom. The molecule has 3 amide bonds. The van der Waals surface area contributed by atoms with Crippen LogP contribution in [0.25, 0.3) is 0 Å². The van der Waals surface area contributed by atoms with Gasteiger partial charge in [-0.25, -0.2) is 4.79 Å². The van der Waals surface area contributed by atoms with E-state index in [1.54, 1.807) is 32.0 Å². The first-order valence-corrected chi connectivity index (χ1v) is 9.84. The van der Waals surface area contributed by atoms with Crippen molar-refractivity contribution in [1.29, 1.82) is 0 Å². The monoisotopic (exact) mass is 448 g/mol. The van der Waals surface area contributed by atoms with E-state index in [2.05, 4.69) is 5.32 Å². The summed E-state index contributed by atoms with van der Waals surface area (Å²) < 4.78 is 5.10. The summed E-state index contributed by atoms with van der Waals surface area (Å²) in [7, 11) is 0. The van der Waals surface area contributed by atoms with Crippen LogP contribution in [-0.2, 0) is 14.3 Å². The second-order valence-corrected chi connectivity index (χ2v) is 7.84. The average Bonchev–Trinajstić information content (AvgIpc) is 2.95. The molecule has 1 heterocycles. The number of halogens is 2. The fourth-order valence-corrected chi connectivity index (χ4v) is 3.47. The van der Waals surface area contributed by atoms with Gasteiger partial charge in [0.2, 0.25) is 0 Å². The molecule has 9 heteroatoms. The standard InChI is InChI=1S/C21H18Cl2N2O5/c1-11(2)18(25-19(27)13-5-3-4-6-14(13)20(25)28)21(29)30-10-17(26)24-16-9-12(22)7-8-15(16)23/h3-9,11,18H,10H2,1-2H3,(H,24,26). The van der Waals surface area contributed by atoms with E-state index in [-0.39, 0.29) is 21.8 Å². The van der Waals surface area contributed by atoms with Gasteiger partial charge in [0.15, 0.2) is 6.61 Å². The number of hydrogen-bond acceptors (Lipinski definition) is 5. The predicted molar refractivity (Wildman–Crippen MR) is 112 cm³/mol. The molecule has 1 aliphatic rings. The third-order valence-electron chi connectivity index (χ3n) is 4.52. The van der Waals surface area contributed by atoms with Gasteiger partial charge in [-0.15, -0.1) is 0 Å². The van der Waals surface area contributed by atoms with Crippen LogP contribution < -0.4 is 5.32 Å². The van der Waals surface area contributed by atoms with Gasteiger partial charge in [-0.2, -0.15) is 0 Å². The molecule has 0 saturated carbocycles. The van der Waals surface area contributed by atoms with Crippen molar-refractivity contribution in [2.75, 3.05) is 11.9 Å². The number of nitrogens with one attached hydrogen (secondary N) is 1. The maximum atomic E-state index is 12.7. The van der Waals surface area contributed by atoms with Gasteiger partial charge in [0.1, 0.15) is 6.04 Å². The highest BCUT2D eigenvalue weighted by atomic mass is 35.5. The number of carbonyl (C=O) groups is 4. The molecule has 1 aliphatic heterocycles. The topological polar surface area (TPSA) is 92.8 Å². The molecule has 2 aromatic carbocycles. The van der Waals surface area contributed by atoms with Gasteiger partial charge in [0, 0.05) is 5.02 Å². The van der Waals surface area contributed by atoms with Gasteiger partial charge in [-0.3, -0.25) is 19.3 Å². The van der Waals surface area contributed by atoms with Gasteiger partial charge in [-0.1, -0.05) is 49.2 Å². The number of ether oxygens (including phenoxy) is 1. The third kappa shape index (κ3) is 4.32. The average molecular weight is 449 g/mol. The summed E-state index contributed by atoms with van der Waals surface area (Å²) in [5, 5.41) is 3.14. The van der Waals surface area contributed by atoms with E-state index in [0.29, 0.717) is 5.02 Å². The zero-order valence-electron chi connectivity index (χ0n) is 16.1. The summed E-state index contributed by atoms with van der Waals surface area (Å²) in [4.78, 5) is 51.1. The summed E-state index contributed by atoms with van der Waals surface area (Å²) in [6.07, 6.45) is 0. The summed E-state index contributed by atoms with van der Waals surface area (Å²) in [5.74, 6) is -3.06. The van der Waals surface area contributed by atoms with E-state index in [1.807, 2.05) is 0 Å². The van der Waals surface area contributed by atoms with Crippen LogP contribution in [0.3, 0.4) is 0 Å². The quantitative estimate of drug-likeness (QED) is 0.535. The van der Waals surface area contributed by atoms with Crippen LogP contribution in [-0.4, -0.2) is 41.2 Å². The molecule has 0 spiro atoms. The Balaban J connectivity index is 1.70. The molecule has 0 saturated heterocycles. The van der Waals surface area contributed by atoms with Crippen molar-refractivity contribution in [3.8, 4) is 0 Å². The molecule has 2 aromatic rings. The van der Waals surface area contributed by atoms with E-state index in [1.165, 1.54) is 24.3 Å². The predicted octanol–water partition coefficient (Wildman–Crippen LogP) is 3.80. The maximum Gasteiger partial charge on any atom is 0.330 e. The lowest BCUT2D eigenvalue weighted by Gasteiger charge is -2.27. The van der Waals surface area contributed by atoms with E-state index < -0.39 is 42.3 Å². The second-order valence-electron chi connectivity index (χ2n) is 6.99. The van der Waals surface area contributed by atoms with Crippen LogP contribution in [0.5, 0.6) is 0 Å². The number of rotatable bonds is 6. The molecule has 1 unspecified atom stereocenters. The fraction of sp³-hybridized carbons (Fsp3) is 0.238. The minimum Gasteiger partial charge on any atom is -0.454 e. The zero-order valence-corrected chi connectivity index (χ0v) is 17.7. The van der Waals surface area contributed by atoms with Crippen molar-refractivity contribution >= 4 is 52.6 Å². The molecular formula is C21H18Cl2N2O5. The van der Waals surface area contributed by atoms with Gasteiger partial charge in [0.25, 0.3) is 17.7 Å². The van der Waals surface area contributed by atoms with Crippen LogP contribution in [0.15, 0.2) is 42.5 Å². The number of imide groups is 1. The molecule has 0 bridgehead atoms. The van der Waals surface area contributed by atoms with Crippen molar-refractivity contribution in [3.63, 3.8) is 0 Å². The SMILES string of the molecule is CC(C)C(C(=O)OCC(=O)Nc1cc(Cl)ccc1Cl)N1C(=O)c2ccccc2C1=O. The number of nitrogens with zero attached hydrogens (tertiary/aromatic N) is 1. The molecule has 0 aliphatic carbocycles. The molecule has 0 fully saturated rings. The molecule has 3 rings (SSSR count). The Hall–Kier alpha value is -2.90.